The van der Waals surface area contributed by atoms with Gasteiger partial charge in [-0.25, -0.2) is 9.97 Å². The maximum absolute atomic E-state index is 10.7. The topological polar surface area (TPSA) is 76.1 Å². The largest absolute Gasteiger partial charge is 0.508 e. The molecule has 4 rings (SSSR count). The molecule has 2 aromatic heterocycles. The highest BCUT2D eigenvalue weighted by Gasteiger charge is 2.13. The molecule has 0 radical (unpaired) electrons. The van der Waals surface area contributed by atoms with Gasteiger partial charge in [0.05, 0.1) is 25.7 Å². The predicted molar refractivity (Wildman–Crippen MR) is 126 cm³/mol. The lowest BCUT2D eigenvalue weighted by Gasteiger charge is -2.17. The van der Waals surface area contributed by atoms with Gasteiger partial charge < -0.3 is 19.3 Å². The minimum Gasteiger partial charge on any atom is -0.508 e. The molecule has 0 saturated heterocycles. The van der Waals surface area contributed by atoms with Crippen LogP contribution in [0.25, 0.3) is 11.1 Å². The van der Waals surface area contributed by atoms with E-state index >= 15 is 0 Å². The van der Waals surface area contributed by atoms with Crippen molar-refractivity contribution in [2.24, 2.45) is 0 Å². The summed E-state index contributed by atoms with van der Waals surface area (Å²) in [5.41, 5.74) is 6.03. The SMILES string of the molecule is CCC(=C(CC)c1ccc(Cn2ccnc2)c(O)c1)c1ccc(Cn2ccnc2)c(O)c1. The van der Waals surface area contributed by atoms with Gasteiger partial charge in [-0.15, -0.1) is 0 Å². The summed E-state index contributed by atoms with van der Waals surface area (Å²) < 4.78 is 3.85. The van der Waals surface area contributed by atoms with Gasteiger partial charge in [-0.2, -0.15) is 0 Å². The molecule has 6 nitrogen and oxygen atoms in total. The maximum Gasteiger partial charge on any atom is 0.121 e. The number of phenols is 2. The third-order valence-corrected chi connectivity index (χ3v) is 5.76. The van der Waals surface area contributed by atoms with Crippen LogP contribution in [0.15, 0.2) is 73.8 Å². The summed E-state index contributed by atoms with van der Waals surface area (Å²) in [5.74, 6) is 0.548. The number of aromatic hydroxyl groups is 2. The molecule has 0 atom stereocenters. The van der Waals surface area contributed by atoms with Crippen molar-refractivity contribution in [1.29, 1.82) is 0 Å². The van der Waals surface area contributed by atoms with Crippen molar-refractivity contribution in [3.8, 4) is 11.5 Å². The van der Waals surface area contributed by atoms with Crippen LogP contribution in [0.5, 0.6) is 11.5 Å². The molecule has 0 bridgehead atoms. The van der Waals surface area contributed by atoms with Gasteiger partial charge in [-0.3, -0.25) is 0 Å². The lowest BCUT2D eigenvalue weighted by atomic mass is 9.90. The molecule has 0 amide bonds. The molecule has 0 aliphatic carbocycles. The monoisotopic (exact) mass is 428 g/mol. The fourth-order valence-corrected chi connectivity index (χ4v) is 4.11. The molecule has 2 heterocycles. The standard InChI is InChI=1S/C26H28N4O2/c1-3-23(19-5-7-21(25(31)13-19)15-29-11-9-27-17-29)24(4-2)20-6-8-22(26(32)14-20)16-30-12-10-28-18-30/h5-14,17-18,31-32H,3-4,15-16H2,1-2H3. The molecule has 164 valence electrons. The van der Waals surface area contributed by atoms with Crippen molar-refractivity contribution < 1.29 is 10.2 Å². The third kappa shape index (κ3) is 4.59. The fourth-order valence-electron chi connectivity index (χ4n) is 4.11. The highest BCUT2D eigenvalue weighted by atomic mass is 16.3. The number of benzene rings is 2. The smallest absolute Gasteiger partial charge is 0.121 e. The second-order valence-corrected chi connectivity index (χ2v) is 7.82. The highest BCUT2D eigenvalue weighted by Crippen LogP contribution is 2.35. The van der Waals surface area contributed by atoms with Crippen LogP contribution in [0.2, 0.25) is 0 Å². The Morgan fingerprint density at radius 1 is 0.719 bits per heavy atom. The van der Waals surface area contributed by atoms with Crippen LogP contribution in [-0.2, 0) is 13.1 Å². The molecular weight excluding hydrogens is 400 g/mol. The minimum absolute atomic E-state index is 0.274. The Kier molecular flexibility index (Phi) is 6.40. The molecule has 0 unspecified atom stereocenters. The average molecular weight is 429 g/mol. The number of imidazole rings is 2. The first-order valence-electron chi connectivity index (χ1n) is 10.9. The first-order chi connectivity index (χ1) is 15.6. The summed E-state index contributed by atoms with van der Waals surface area (Å²) in [4.78, 5) is 8.12. The van der Waals surface area contributed by atoms with Crippen LogP contribution in [0.1, 0.15) is 48.9 Å². The van der Waals surface area contributed by atoms with Crippen molar-refractivity contribution in [2.45, 2.75) is 39.8 Å². The van der Waals surface area contributed by atoms with Gasteiger partial charge in [0.2, 0.25) is 0 Å². The van der Waals surface area contributed by atoms with Crippen LogP contribution in [-0.4, -0.2) is 29.3 Å². The number of aromatic nitrogens is 4. The van der Waals surface area contributed by atoms with E-state index in [2.05, 4.69) is 35.9 Å². The minimum atomic E-state index is 0.274. The summed E-state index contributed by atoms with van der Waals surface area (Å²) in [6, 6.07) is 11.8. The molecular formula is C26H28N4O2. The highest BCUT2D eigenvalue weighted by molar-refractivity contribution is 5.91. The zero-order valence-corrected chi connectivity index (χ0v) is 18.4. The summed E-state index contributed by atoms with van der Waals surface area (Å²) in [5, 5.41) is 21.3. The van der Waals surface area contributed by atoms with Crippen molar-refractivity contribution in [2.75, 3.05) is 0 Å². The van der Waals surface area contributed by atoms with E-state index in [4.69, 9.17) is 0 Å². The quantitative estimate of drug-likeness (QED) is 0.373. The molecule has 32 heavy (non-hydrogen) atoms. The molecule has 4 aromatic rings. The number of hydrogen-bond donors (Lipinski definition) is 2. The van der Waals surface area contributed by atoms with Crippen molar-refractivity contribution in [1.82, 2.24) is 19.1 Å². The molecule has 6 heteroatoms. The molecule has 0 spiro atoms. The summed E-state index contributed by atoms with van der Waals surface area (Å²) >= 11 is 0. The van der Waals surface area contributed by atoms with E-state index in [0.717, 1.165) is 35.1 Å². The van der Waals surface area contributed by atoms with Crippen molar-refractivity contribution >= 4 is 11.1 Å². The van der Waals surface area contributed by atoms with Crippen LogP contribution in [0.3, 0.4) is 0 Å². The van der Waals surface area contributed by atoms with Gasteiger partial charge in [0, 0.05) is 35.9 Å². The third-order valence-electron chi connectivity index (χ3n) is 5.76. The van der Waals surface area contributed by atoms with Gasteiger partial charge in [0.1, 0.15) is 11.5 Å². The van der Waals surface area contributed by atoms with Gasteiger partial charge >= 0.3 is 0 Å². The molecule has 0 fully saturated rings. The van der Waals surface area contributed by atoms with Crippen LogP contribution >= 0.6 is 0 Å². The van der Waals surface area contributed by atoms with Gasteiger partial charge in [-0.05, 0) is 47.2 Å². The Morgan fingerprint density at radius 2 is 1.16 bits per heavy atom. The first-order valence-corrected chi connectivity index (χ1v) is 10.9. The van der Waals surface area contributed by atoms with E-state index in [0.29, 0.717) is 13.1 Å². The molecule has 0 saturated carbocycles. The maximum atomic E-state index is 10.7. The Balaban J connectivity index is 1.65. The molecule has 0 aliphatic rings. The lowest BCUT2D eigenvalue weighted by molar-refractivity contribution is 0.465. The Labute approximate surface area is 188 Å². The summed E-state index contributed by atoms with van der Waals surface area (Å²) in [6.07, 6.45) is 12.3. The Morgan fingerprint density at radius 3 is 1.47 bits per heavy atom. The Bertz CT molecular complexity index is 1110. The second kappa shape index (κ2) is 9.56. The van der Waals surface area contributed by atoms with E-state index in [9.17, 15) is 10.2 Å². The van der Waals surface area contributed by atoms with Crippen LogP contribution in [0.4, 0.5) is 0 Å². The fraction of sp³-hybridized carbons (Fsp3) is 0.231. The van der Waals surface area contributed by atoms with Crippen molar-refractivity contribution in [3.05, 3.63) is 96.1 Å². The second-order valence-electron chi connectivity index (χ2n) is 7.82. The van der Waals surface area contributed by atoms with E-state index in [-0.39, 0.29) is 11.5 Å². The lowest BCUT2D eigenvalue weighted by Crippen LogP contribution is -1.99. The number of hydrogen-bond acceptors (Lipinski definition) is 4. The zero-order valence-electron chi connectivity index (χ0n) is 18.4. The van der Waals surface area contributed by atoms with E-state index in [1.165, 1.54) is 11.1 Å². The normalized spacial score (nSPS) is 12.1. The van der Waals surface area contributed by atoms with Gasteiger partial charge in [0.25, 0.3) is 0 Å². The molecule has 0 aliphatic heterocycles. The number of rotatable bonds is 8. The Hall–Kier alpha value is -3.80. The van der Waals surface area contributed by atoms with Crippen LogP contribution in [0, 0.1) is 0 Å². The first kappa shape index (κ1) is 21.4. The van der Waals surface area contributed by atoms with Gasteiger partial charge in [0.15, 0.2) is 0 Å². The number of allylic oxidation sites excluding steroid dienone is 2. The van der Waals surface area contributed by atoms with E-state index < -0.39 is 0 Å². The molecule has 2 N–H and O–H groups in total. The predicted octanol–water partition coefficient (Wildman–Crippen LogP) is 5.32. The number of phenolic OH excluding ortho intramolecular Hbond substituents is 2. The van der Waals surface area contributed by atoms with Crippen molar-refractivity contribution in [3.63, 3.8) is 0 Å². The summed E-state index contributed by atoms with van der Waals surface area (Å²) in [6.45, 7) is 5.39. The number of nitrogens with zero attached hydrogens (tertiary/aromatic N) is 4. The summed E-state index contributed by atoms with van der Waals surface area (Å²) in [7, 11) is 0. The average Bonchev–Trinajstić information content (AvgIpc) is 3.49. The zero-order chi connectivity index (χ0) is 22.5. The van der Waals surface area contributed by atoms with Gasteiger partial charge in [-0.1, -0.05) is 38.1 Å². The van der Waals surface area contributed by atoms with E-state index in [1.54, 1.807) is 25.0 Å². The van der Waals surface area contributed by atoms with Crippen LogP contribution < -0.4 is 0 Å². The van der Waals surface area contributed by atoms with E-state index in [1.807, 2.05) is 45.8 Å². The molecule has 2 aromatic carbocycles.